The molecule has 0 amide bonds. The Bertz CT molecular complexity index is 421. The number of aromatic nitrogens is 1. The van der Waals surface area contributed by atoms with Crippen molar-refractivity contribution in [1.29, 1.82) is 0 Å². The second-order valence-corrected chi connectivity index (χ2v) is 4.49. The first-order chi connectivity index (χ1) is 8.20. The molecule has 0 saturated carbocycles. The SMILES string of the molecule is CN(CCC(F)(F)F)c1nc(C(N)C(=O)O)cs1. The maximum absolute atomic E-state index is 12.0. The van der Waals surface area contributed by atoms with Crippen LogP contribution in [0.25, 0.3) is 0 Å². The minimum absolute atomic E-state index is 0.140. The van der Waals surface area contributed by atoms with E-state index < -0.39 is 24.6 Å². The lowest BCUT2D eigenvalue weighted by Gasteiger charge is -2.16. The topological polar surface area (TPSA) is 79.5 Å². The summed E-state index contributed by atoms with van der Waals surface area (Å²) in [4.78, 5) is 15.8. The average molecular weight is 283 g/mol. The van der Waals surface area contributed by atoms with E-state index in [1.54, 1.807) is 0 Å². The van der Waals surface area contributed by atoms with Gasteiger partial charge in [0.2, 0.25) is 0 Å². The summed E-state index contributed by atoms with van der Waals surface area (Å²) in [6.07, 6.45) is -5.19. The summed E-state index contributed by atoms with van der Waals surface area (Å²) < 4.78 is 36.1. The number of nitrogens with zero attached hydrogens (tertiary/aromatic N) is 2. The quantitative estimate of drug-likeness (QED) is 0.858. The van der Waals surface area contributed by atoms with Crippen LogP contribution in [0.15, 0.2) is 5.38 Å². The minimum Gasteiger partial charge on any atom is -0.480 e. The second-order valence-electron chi connectivity index (χ2n) is 3.66. The summed E-state index contributed by atoms with van der Waals surface area (Å²) >= 11 is 1.06. The van der Waals surface area contributed by atoms with Gasteiger partial charge in [-0.3, -0.25) is 4.79 Å². The number of carboxylic acids is 1. The van der Waals surface area contributed by atoms with Gasteiger partial charge >= 0.3 is 12.1 Å². The molecule has 0 spiro atoms. The van der Waals surface area contributed by atoms with E-state index in [9.17, 15) is 18.0 Å². The molecule has 3 N–H and O–H groups in total. The van der Waals surface area contributed by atoms with Gasteiger partial charge in [0.1, 0.15) is 6.04 Å². The summed E-state index contributed by atoms with van der Waals surface area (Å²) in [5, 5.41) is 10.4. The van der Waals surface area contributed by atoms with Gasteiger partial charge in [0.25, 0.3) is 0 Å². The van der Waals surface area contributed by atoms with Gasteiger partial charge in [-0.05, 0) is 0 Å². The molecule has 0 radical (unpaired) electrons. The zero-order chi connectivity index (χ0) is 13.9. The van der Waals surface area contributed by atoms with E-state index in [1.807, 2.05) is 0 Å². The number of halogens is 3. The Labute approximate surface area is 105 Å². The number of rotatable bonds is 5. The molecule has 0 saturated heterocycles. The summed E-state index contributed by atoms with van der Waals surface area (Å²) in [5.41, 5.74) is 5.48. The Kier molecular flexibility index (Phi) is 4.52. The van der Waals surface area contributed by atoms with E-state index >= 15 is 0 Å². The van der Waals surface area contributed by atoms with Gasteiger partial charge in [0, 0.05) is 19.0 Å². The van der Waals surface area contributed by atoms with Gasteiger partial charge in [-0.25, -0.2) is 4.98 Å². The molecule has 1 aromatic rings. The zero-order valence-electron chi connectivity index (χ0n) is 9.44. The largest absolute Gasteiger partial charge is 0.480 e. The number of anilines is 1. The van der Waals surface area contributed by atoms with Gasteiger partial charge in [-0.2, -0.15) is 13.2 Å². The third-order valence-corrected chi connectivity index (χ3v) is 3.12. The minimum atomic E-state index is -4.23. The monoisotopic (exact) mass is 283 g/mol. The number of thiazole rings is 1. The molecule has 1 heterocycles. The number of aliphatic carboxylic acids is 1. The van der Waals surface area contributed by atoms with Gasteiger partial charge < -0.3 is 15.7 Å². The summed E-state index contributed by atoms with van der Waals surface area (Å²) in [5.74, 6) is -1.23. The Balaban J connectivity index is 2.65. The van der Waals surface area contributed by atoms with Crippen LogP contribution in [0.3, 0.4) is 0 Å². The molecule has 0 bridgehead atoms. The number of carboxylic acid groups (broad SMARTS) is 1. The fraction of sp³-hybridized carbons (Fsp3) is 0.556. The van der Waals surface area contributed by atoms with Crippen molar-refractivity contribution in [3.05, 3.63) is 11.1 Å². The highest BCUT2D eigenvalue weighted by atomic mass is 32.1. The van der Waals surface area contributed by atoms with E-state index in [1.165, 1.54) is 17.3 Å². The predicted octanol–water partition coefficient (Wildman–Crippen LogP) is 1.62. The van der Waals surface area contributed by atoms with Gasteiger partial charge in [0.05, 0.1) is 12.1 Å². The Morgan fingerprint density at radius 2 is 2.28 bits per heavy atom. The maximum Gasteiger partial charge on any atom is 0.390 e. The van der Waals surface area contributed by atoms with Crippen molar-refractivity contribution < 1.29 is 23.1 Å². The summed E-state index contributed by atoms with van der Waals surface area (Å²) in [7, 11) is 1.46. The summed E-state index contributed by atoms with van der Waals surface area (Å²) in [6.45, 7) is -0.237. The van der Waals surface area contributed by atoms with Gasteiger partial charge in [0.15, 0.2) is 5.13 Å². The van der Waals surface area contributed by atoms with Crippen molar-refractivity contribution in [3.63, 3.8) is 0 Å². The van der Waals surface area contributed by atoms with E-state index in [-0.39, 0.29) is 12.2 Å². The molecular formula is C9H12F3N3O2S. The first-order valence-corrected chi connectivity index (χ1v) is 5.80. The third kappa shape index (κ3) is 4.15. The van der Waals surface area contributed by atoms with Crippen molar-refractivity contribution in [2.75, 3.05) is 18.5 Å². The number of alkyl halides is 3. The first-order valence-electron chi connectivity index (χ1n) is 4.92. The molecular weight excluding hydrogens is 271 g/mol. The van der Waals surface area contributed by atoms with Crippen molar-refractivity contribution in [2.24, 2.45) is 5.73 Å². The lowest BCUT2D eigenvalue weighted by Crippen LogP contribution is -2.24. The highest BCUT2D eigenvalue weighted by Crippen LogP contribution is 2.25. The molecule has 1 aromatic heterocycles. The van der Waals surface area contributed by atoms with Crippen LogP contribution in [0.2, 0.25) is 0 Å². The van der Waals surface area contributed by atoms with E-state index in [2.05, 4.69) is 4.98 Å². The van der Waals surface area contributed by atoms with E-state index in [4.69, 9.17) is 10.8 Å². The molecule has 0 aliphatic heterocycles. The molecule has 1 rings (SSSR count). The highest BCUT2D eigenvalue weighted by molar-refractivity contribution is 7.13. The normalized spacial score (nSPS) is 13.4. The fourth-order valence-electron chi connectivity index (χ4n) is 1.11. The molecule has 0 aliphatic carbocycles. The average Bonchev–Trinajstić information content (AvgIpc) is 2.72. The molecule has 9 heteroatoms. The van der Waals surface area contributed by atoms with Crippen LogP contribution in [0.1, 0.15) is 18.2 Å². The summed E-state index contributed by atoms with van der Waals surface area (Å²) in [6, 6.07) is -1.26. The molecule has 102 valence electrons. The molecule has 1 atom stereocenters. The van der Waals surface area contributed by atoms with Crippen LogP contribution in [0, 0.1) is 0 Å². The molecule has 1 unspecified atom stereocenters. The van der Waals surface area contributed by atoms with Crippen molar-refractivity contribution in [2.45, 2.75) is 18.6 Å². The Morgan fingerprint density at radius 3 is 2.78 bits per heavy atom. The molecule has 5 nitrogen and oxygen atoms in total. The van der Waals surface area contributed by atoms with Gasteiger partial charge in [-0.15, -0.1) is 11.3 Å². The number of nitrogens with two attached hydrogens (primary N) is 1. The number of carbonyl (C=O) groups is 1. The van der Waals surface area contributed by atoms with Crippen LogP contribution in [0.5, 0.6) is 0 Å². The zero-order valence-corrected chi connectivity index (χ0v) is 10.3. The fourth-order valence-corrected chi connectivity index (χ4v) is 1.97. The second kappa shape index (κ2) is 5.53. The van der Waals surface area contributed by atoms with Crippen LogP contribution in [0.4, 0.5) is 18.3 Å². The van der Waals surface area contributed by atoms with Gasteiger partial charge in [-0.1, -0.05) is 0 Å². The molecule has 18 heavy (non-hydrogen) atoms. The first kappa shape index (κ1) is 14.7. The number of hydrogen-bond donors (Lipinski definition) is 2. The van der Waals surface area contributed by atoms with Crippen molar-refractivity contribution in [3.8, 4) is 0 Å². The lowest BCUT2D eigenvalue weighted by molar-refractivity contribution is -0.138. The Morgan fingerprint density at radius 1 is 1.67 bits per heavy atom. The molecule has 0 fully saturated rings. The lowest BCUT2D eigenvalue weighted by atomic mass is 10.2. The van der Waals surface area contributed by atoms with Crippen molar-refractivity contribution >= 4 is 22.4 Å². The smallest absolute Gasteiger partial charge is 0.390 e. The van der Waals surface area contributed by atoms with Crippen LogP contribution in [-0.4, -0.2) is 35.8 Å². The van der Waals surface area contributed by atoms with E-state index in [0.717, 1.165) is 11.3 Å². The Hall–Kier alpha value is -1.35. The molecule has 0 aliphatic rings. The predicted molar refractivity (Wildman–Crippen MR) is 60.6 cm³/mol. The standard InChI is InChI=1S/C9H12F3N3O2S/c1-15(3-2-9(10,11)12)8-14-5(4-18-8)6(13)7(16)17/h4,6H,2-3,13H2,1H3,(H,16,17). The third-order valence-electron chi connectivity index (χ3n) is 2.15. The van der Waals surface area contributed by atoms with E-state index in [0.29, 0.717) is 5.13 Å². The molecule has 0 aromatic carbocycles. The maximum atomic E-state index is 12.0. The van der Waals surface area contributed by atoms with Crippen molar-refractivity contribution in [1.82, 2.24) is 4.98 Å². The van der Waals surface area contributed by atoms with Crippen LogP contribution in [-0.2, 0) is 4.79 Å². The van der Waals surface area contributed by atoms with Crippen LogP contribution < -0.4 is 10.6 Å². The highest BCUT2D eigenvalue weighted by Gasteiger charge is 2.28. The van der Waals surface area contributed by atoms with Crippen LogP contribution >= 0.6 is 11.3 Å². The number of hydrogen-bond acceptors (Lipinski definition) is 5.